The quantitative estimate of drug-likeness (QED) is 0.727. The molecule has 0 radical (unpaired) electrons. The second-order valence-electron chi connectivity index (χ2n) is 4.79. The van der Waals surface area contributed by atoms with Crippen molar-refractivity contribution in [2.75, 3.05) is 0 Å². The van der Waals surface area contributed by atoms with E-state index in [0.29, 0.717) is 11.1 Å². The van der Waals surface area contributed by atoms with Crippen LogP contribution in [0.1, 0.15) is 35.3 Å². The first-order valence-electron chi connectivity index (χ1n) is 5.40. The first-order valence-corrected chi connectivity index (χ1v) is 6.28. The zero-order chi connectivity index (χ0) is 12.4. The fourth-order valence-electron chi connectivity index (χ4n) is 2.52. The van der Waals surface area contributed by atoms with Crippen molar-refractivity contribution < 1.29 is 14.6 Å². The summed E-state index contributed by atoms with van der Waals surface area (Å²) in [6, 6.07) is 1.92. The Balaban J connectivity index is 2.54. The molecule has 0 bridgehead atoms. The van der Waals surface area contributed by atoms with Crippen molar-refractivity contribution in [1.29, 1.82) is 0 Å². The van der Waals surface area contributed by atoms with Gasteiger partial charge in [0.05, 0.1) is 15.8 Å². The summed E-state index contributed by atoms with van der Waals surface area (Å²) in [5.74, 6) is -0.155. The Morgan fingerprint density at radius 3 is 2.82 bits per heavy atom. The van der Waals surface area contributed by atoms with E-state index in [1.807, 2.05) is 18.4 Å². The summed E-state index contributed by atoms with van der Waals surface area (Å²) in [5.41, 5.74) is 1.29. The molecule has 88 valence electrons. The molecular formula is C13H12O3S. The number of phenols is 1. The minimum absolute atomic E-state index is 0.187. The van der Waals surface area contributed by atoms with Gasteiger partial charge in [-0.25, -0.2) is 4.79 Å². The van der Waals surface area contributed by atoms with Gasteiger partial charge in [0, 0.05) is 0 Å². The second kappa shape index (κ2) is 3.01. The first-order chi connectivity index (χ1) is 7.93. The minimum atomic E-state index is -0.751. The molecular weight excluding hydrogens is 236 g/mol. The van der Waals surface area contributed by atoms with E-state index < -0.39 is 5.60 Å². The average Bonchev–Trinajstić information content (AvgIpc) is 2.77. The molecule has 0 saturated heterocycles. The summed E-state index contributed by atoms with van der Waals surface area (Å²) in [5, 5.41) is 13.2. The van der Waals surface area contributed by atoms with Crippen molar-refractivity contribution >= 4 is 27.4 Å². The smallest absolute Gasteiger partial charge is 0.339 e. The molecule has 17 heavy (non-hydrogen) atoms. The van der Waals surface area contributed by atoms with Crippen molar-refractivity contribution in [2.24, 2.45) is 0 Å². The molecule has 0 spiro atoms. The third-order valence-corrected chi connectivity index (χ3v) is 4.22. The normalized spacial score (nSPS) is 17.2. The summed E-state index contributed by atoms with van der Waals surface area (Å²) < 4.78 is 6.15. The van der Waals surface area contributed by atoms with Crippen LogP contribution in [0.5, 0.6) is 5.75 Å². The van der Waals surface area contributed by atoms with Gasteiger partial charge in [-0.1, -0.05) is 0 Å². The number of ether oxygens (including phenoxy) is 1. The number of benzene rings is 1. The number of rotatable bonds is 0. The van der Waals surface area contributed by atoms with Crippen LogP contribution in [0.3, 0.4) is 0 Å². The molecule has 0 saturated carbocycles. The Kier molecular flexibility index (Phi) is 1.88. The molecule has 0 unspecified atom stereocenters. The fraction of sp³-hybridized carbons (Fsp3) is 0.308. The van der Waals surface area contributed by atoms with Crippen molar-refractivity contribution in [3.63, 3.8) is 0 Å². The van der Waals surface area contributed by atoms with Gasteiger partial charge >= 0.3 is 5.97 Å². The Morgan fingerprint density at radius 2 is 2.12 bits per heavy atom. The number of thiophene rings is 1. The fourth-order valence-corrected chi connectivity index (χ4v) is 3.42. The molecule has 1 aliphatic heterocycles. The van der Waals surface area contributed by atoms with Crippen LogP contribution in [0, 0.1) is 6.92 Å². The van der Waals surface area contributed by atoms with Crippen LogP contribution in [0.25, 0.3) is 10.1 Å². The van der Waals surface area contributed by atoms with Crippen molar-refractivity contribution in [3.8, 4) is 5.75 Å². The highest BCUT2D eigenvalue weighted by Gasteiger charge is 2.42. The molecule has 1 aliphatic rings. The third-order valence-electron chi connectivity index (χ3n) is 3.30. The van der Waals surface area contributed by atoms with Gasteiger partial charge in [0.25, 0.3) is 0 Å². The van der Waals surface area contributed by atoms with E-state index in [-0.39, 0.29) is 11.7 Å². The Morgan fingerprint density at radius 1 is 1.41 bits per heavy atom. The first kappa shape index (κ1) is 10.6. The number of fused-ring (bicyclic) bond motifs is 2. The van der Waals surface area contributed by atoms with Gasteiger partial charge in [-0.05, 0) is 43.2 Å². The third kappa shape index (κ3) is 1.19. The van der Waals surface area contributed by atoms with Crippen molar-refractivity contribution in [3.05, 3.63) is 28.1 Å². The van der Waals surface area contributed by atoms with Crippen molar-refractivity contribution in [2.45, 2.75) is 26.4 Å². The molecule has 1 N–H and O–H groups in total. The van der Waals surface area contributed by atoms with Crippen LogP contribution in [0.2, 0.25) is 0 Å². The van der Waals surface area contributed by atoms with Crippen LogP contribution < -0.4 is 0 Å². The van der Waals surface area contributed by atoms with E-state index in [1.165, 1.54) is 11.3 Å². The highest BCUT2D eigenvalue weighted by molar-refractivity contribution is 7.17. The molecule has 3 rings (SSSR count). The number of aromatic hydroxyl groups is 1. The van der Waals surface area contributed by atoms with E-state index >= 15 is 0 Å². The summed E-state index contributed by atoms with van der Waals surface area (Å²) in [6.45, 7) is 5.50. The molecule has 1 aromatic heterocycles. The number of hydrogen-bond donors (Lipinski definition) is 1. The Hall–Kier alpha value is -1.55. The van der Waals surface area contributed by atoms with Crippen LogP contribution in [0.4, 0.5) is 0 Å². The van der Waals surface area contributed by atoms with Gasteiger partial charge in [-0.2, -0.15) is 0 Å². The van der Waals surface area contributed by atoms with Gasteiger partial charge in [0.1, 0.15) is 11.4 Å². The highest BCUT2D eigenvalue weighted by Crippen LogP contribution is 2.48. The Bertz CT molecular complexity index is 652. The zero-order valence-corrected chi connectivity index (χ0v) is 10.6. The molecule has 1 aromatic carbocycles. The topological polar surface area (TPSA) is 46.5 Å². The van der Waals surface area contributed by atoms with Gasteiger partial charge < -0.3 is 9.84 Å². The van der Waals surface area contributed by atoms with E-state index in [1.54, 1.807) is 13.8 Å². The van der Waals surface area contributed by atoms with Gasteiger partial charge in [-0.3, -0.25) is 0 Å². The van der Waals surface area contributed by atoms with E-state index in [0.717, 1.165) is 15.6 Å². The van der Waals surface area contributed by atoms with Crippen LogP contribution >= 0.6 is 11.3 Å². The van der Waals surface area contributed by atoms with Crippen LogP contribution in [-0.4, -0.2) is 11.1 Å². The molecule has 2 heterocycles. The monoisotopic (exact) mass is 248 g/mol. The maximum Gasteiger partial charge on any atom is 0.339 e. The predicted molar refractivity (Wildman–Crippen MR) is 66.7 cm³/mol. The zero-order valence-electron chi connectivity index (χ0n) is 9.83. The molecule has 0 amide bonds. The highest BCUT2D eigenvalue weighted by atomic mass is 32.1. The number of cyclic esters (lactones) is 1. The summed E-state index contributed by atoms with van der Waals surface area (Å²) in [7, 11) is 0. The van der Waals surface area contributed by atoms with Gasteiger partial charge in [-0.15, -0.1) is 11.3 Å². The lowest BCUT2D eigenvalue weighted by Gasteiger charge is -2.19. The second-order valence-corrected chi connectivity index (χ2v) is 5.70. The lowest BCUT2D eigenvalue weighted by Crippen LogP contribution is -2.16. The summed E-state index contributed by atoms with van der Waals surface area (Å²) in [4.78, 5) is 11.9. The molecule has 0 fully saturated rings. The van der Waals surface area contributed by atoms with E-state index in [9.17, 15) is 9.90 Å². The van der Waals surface area contributed by atoms with E-state index in [4.69, 9.17) is 4.74 Å². The maximum absolute atomic E-state index is 11.9. The standard InChI is InChI=1S/C13H12O3S/c1-6-7-4-5-17-11(7)10(14)9-8(6)12(15)16-13(9,2)3/h4-5,14H,1-3H3. The van der Waals surface area contributed by atoms with Crippen LogP contribution in [-0.2, 0) is 10.3 Å². The molecule has 3 nitrogen and oxygen atoms in total. The lowest BCUT2D eigenvalue weighted by atomic mass is 9.91. The Labute approximate surface area is 103 Å². The molecule has 0 atom stereocenters. The van der Waals surface area contributed by atoms with Gasteiger partial charge in [0.2, 0.25) is 0 Å². The molecule has 4 heteroatoms. The van der Waals surface area contributed by atoms with Crippen molar-refractivity contribution in [1.82, 2.24) is 0 Å². The number of phenolic OH excluding ortho intramolecular Hbond substituents is 1. The number of hydrogen-bond acceptors (Lipinski definition) is 4. The number of carbonyl (C=O) groups is 1. The largest absolute Gasteiger partial charge is 0.506 e. The predicted octanol–water partition coefficient (Wildman–Crippen LogP) is 3.32. The van der Waals surface area contributed by atoms with E-state index in [2.05, 4.69) is 0 Å². The summed E-state index contributed by atoms with van der Waals surface area (Å²) in [6.07, 6.45) is 0. The average molecular weight is 248 g/mol. The number of aryl methyl sites for hydroxylation is 1. The minimum Gasteiger partial charge on any atom is -0.506 e. The lowest BCUT2D eigenvalue weighted by molar-refractivity contribution is 0.00903. The molecule has 2 aromatic rings. The van der Waals surface area contributed by atoms with Gasteiger partial charge in [0.15, 0.2) is 0 Å². The number of esters is 1. The maximum atomic E-state index is 11.9. The van der Waals surface area contributed by atoms with Crippen LogP contribution in [0.15, 0.2) is 11.4 Å². The number of carbonyl (C=O) groups excluding carboxylic acids is 1. The summed E-state index contributed by atoms with van der Waals surface area (Å²) >= 11 is 1.48. The molecule has 0 aliphatic carbocycles. The SMILES string of the molecule is Cc1c2c(c(O)c3sccc13)C(C)(C)OC2=O.